The van der Waals surface area contributed by atoms with E-state index in [0.717, 1.165) is 0 Å². The Hall–Kier alpha value is -1.63. The van der Waals surface area contributed by atoms with E-state index in [9.17, 15) is 22.4 Å². The molecule has 0 bridgehead atoms. The lowest BCUT2D eigenvalue weighted by molar-refractivity contribution is -0.137. The molecular weight excluding hydrogens is 288 g/mol. The fraction of sp³-hybridized carbons (Fsp3) is 0.500. The van der Waals surface area contributed by atoms with Crippen molar-refractivity contribution in [2.45, 2.75) is 26.4 Å². The average Bonchev–Trinajstić information content (AvgIpc) is 2.36. The first-order chi connectivity index (χ1) is 9.65. The van der Waals surface area contributed by atoms with Gasteiger partial charge in [-0.25, -0.2) is 4.39 Å². The molecule has 0 saturated carbocycles. The van der Waals surface area contributed by atoms with E-state index in [1.165, 1.54) is 0 Å². The van der Waals surface area contributed by atoms with Gasteiger partial charge in [0, 0.05) is 6.54 Å². The molecule has 0 aliphatic heterocycles. The van der Waals surface area contributed by atoms with E-state index in [1.807, 2.05) is 13.8 Å². The first kappa shape index (κ1) is 17.4. The topological polar surface area (TPSA) is 55.1 Å². The summed E-state index contributed by atoms with van der Waals surface area (Å²) in [6.45, 7) is 3.83. The number of halogens is 4. The molecule has 3 N–H and O–H groups in total. The van der Waals surface area contributed by atoms with Crippen molar-refractivity contribution in [3.63, 3.8) is 0 Å². The fourth-order valence-corrected chi connectivity index (χ4v) is 1.91. The lowest BCUT2D eigenvalue weighted by atomic mass is 9.96. The molecule has 0 fully saturated rings. The highest BCUT2D eigenvalue weighted by Crippen LogP contribution is 2.32. The molecule has 118 valence electrons. The first-order valence-corrected chi connectivity index (χ1v) is 6.52. The molecule has 0 saturated heterocycles. The Morgan fingerprint density at radius 2 is 1.95 bits per heavy atom. The van der Waals surface area contributed by atoms with Gasteiger partial charge in [-0.3, -0.25) is 4.79 Å². The Bertz CT molecular complexity index is 500. The Morgan fingerprint density at radius 3 is 2.43 bits per heavy atom. The standard InChI is InChI=1S/C14H18F4N2O/c1-8(2)5-9(7-19)13(21)20-12-6-10(14(16,17)18)3-4-11(12)15/h3-4,6,8-9H,5,7,19H2,1-2H3,(H,20,21). The van der Waals surface area contributed by atoms with Crippen LogP contribution in [0.5, 0.6) is 0 Å². The van der Waals surface area contributed by atoms with Gasteiger partial charge < -0.3 is 11.1 Å². The molecule has 1 amide bonds. The third-order valence-electron chi connectivity index (χ3n) is 2.96. The van der Waals surface area contributed by atoms with Gasteiger partial charge in [0.2, 0.25) is 5.91 Å². The Balaban J connectivity index is 2.93. The second-order valence-corrected chi connectivity index (χ2v) is 5.24. The van der Waals surface area contributed by atoms with Gasteiger partial charge in [0.25, 0.3) is 0 Å². The zero-order valence-electron chi connectivity index (χ0n) is 11.8. The number of carbonyl (C=O) groups is 1. The van der Waals surface area contributed by atoms with Crippen LogP contribution in [0.4, 0.5) is 23.2 Å². The molecule has 0 aliphatic rings. The van der Waals surface area contributed by atoms with E-state index >= 15 is 0 Å². The molecule has 21 heavy (non-hydrogen) atoms. The second kappa shape index (κ2) is 6.89. The summed E-state index contributed by atoms with van der Waals surface area (Å²) in [5.41, 5.74) is 3.97. The van der Waals surface area contributed by atoms with Crippen LogP contribution in [0.1, 0.15) is 25.8 Å². The summed E-state index contributed by atoms with van der Waals surface area (Å²) >= 11 is 0. The Kier molecular flexibility index (Phi) is 5.71. The predicted molar refractivity (Wildman–Crippen MR) is 72.0 cm³/mol. The van der Waals surface area contributed by atoms with Crippen LogP contribution in [0, 0.1) is 17.7 Å². The van der Waals surface area contributed by atoms with Gasteiger partial charge >= 0.3 is 6.18 Å². The van der Waals surface area contributed by atoms with E-state index in [0.29, 0.717) is 24.6 Å². The molecule has 1 atom stereocenters. The van der Waals surface area contributed by atoms with Crippen molar-refractivity contribution >= 4 is 11.6 Å². The number of rotatable bonds is 5. The van der Waals surface area contributed by atoms with E-state index in [1.54, 1.807) is 0 Å². The van der Waals surface area contributed by atoms with Gasteiger partial charge in [-0.1, -0.05) is 13.8 Å². The Morgan fingerprint density at radius 1 is 1.33 bits per heavy atom. The quantitative estimate of drug-likeness (QED) is 0.819. The van der Waals surface area contributed by atoms with Gasteiger partial charge in [0.1, 0.15) is 5.82 Å². The van der Waals surface area contributed by atoms with Crippen molar-refractivity contribution < 1.29 is 22.4 Å². The molecule has 0 aliphatic carbocycles. The van der Waals surface area contributed by atoms with E-state index in [2.05, 4.69) is 5.32 Å². The number of nitrogens with two attached hydrogens (primary N) is 1. The molecule has 1 aromatic rings. The monoisotopic (exact) mass is 306 g/mol. The summed E-state index contributed by atoms with van der Waals surface area (Å²) in [6.07, 6.45) is -4.12. The zero-order valence-corrected chi connectivity index (χ0v) is 11.8. The molecule has 0 spiro atoms. The lowest BCUT2D eigenvalue weighted by Gasteiger charge is -2.17. The number of carbonyl (C=O) groups excluding carboxylic acids is 1. The highest BCUT2D eigenvalue weighted by atomic mass is 19.4. The maximum atomic E-state index is 13.5. The summed E-state index contributed by atoms with van der Waals surface area (Å²) < 4.78 is 51.3. The minimum absolute atomic E-state index is 0.0462. The fourth-order valence-electron chi connectivity index (χ4n) is 1.91. The van der Waals surface area contributed by atoms with Gasteiger partial charge in [0.05, 0.1) is 17.2 Å². The van der Waals surface area contributed by atoms with Gasteiger partial charge in [0.15, 0.2) is 0 Å². The number of alkyl halides is 3. The molecule has 1 aromatic carbocycles. The largest absolute Gasteiger partial charge is 0.416 e. The second-order valence-electron chi connectivity index (χ2n) is 5.24. The van der Waals surface area contributed by atoms with E-state index < -0.39 is 35.1 Å². The Labute approximate surface area is 120 Å². The van der Waals surface area contributed by atoms with Crippen molar-refractivity contribution in [3.8, 4) is 0 Å². The summed E-state index contributed by atoms with van der Waals surface area (Å²) in [7, 11) is 0. The predicted octanol–water partition coefficient (Wildman–Crippen LogP) is 3.40. The number of amides is 1. The summed E-state index contributed by atoms with van der Waals surface area (Å²) in [6, 6.07) is 1.88. The SMILES string of the molecule is CC(C)CC(CN)C(=O)Nc1cc(C(F)(F)F)ccc1F. The number of benzene rings is 1. The van der Waals surface area contributed by atoms with Crippen LogP contribution in [-0.4, -0.2) is 12.5 Å². The molecule has 0 heterocycles. The van der Waals surface area contributed by atoms with Crippen LogP contribution in [-0.2, 0) is 11.0 Å². The molecule has 0 aromatic heterocycles. The van der Waals surface area contributed by atoms with Gasteiger partial charge in [-0.15, -0.1) is 0 Å². The molecule has 3 nitrogen and oxygen atoms in total. The molecular formula is C14H18F4N2O. The summed E-state index contributed by atoms with van der Waals surface area (Å²) in [5, 5.41) is 2.19. The summed E-state index contributed by atoms with van der Waals surface area (Å²) in [4.78, 5) is 12.0. The smallest absolute Gasteiger partial charge is 0.330 e. The van der Waals surface area contributed by atoms with Crippen molar-refractivity contribution in [1.29, 1.82) is 0 Å². The van der Waals surface area contributed by atoms with Crippen LogP contribution in [0.25, 0.3) is 0 Å². The minimum atomic E-state index is -4.60. The summed E-state index contributed by atoms with van der Waals surface area (Å²) in [5.74, 6) is -1.88. The van der Waals surface area contributed by atoms with Crippen LogP contribution in [0.15, 0.2) is 18.2 Å². The molecule has 7 heteroatoms. The minimum Gasteiger partial charge on any atom is -0.330 e. The normalized spacial score (nSPS) is 13.3. The van der Waals surface area contributed by atoms with Gasteiger partial charge in [-0.2, -0.15) is 13.2 Å². The number of hydrogen-bond donors (Lipinski definition) is 2. The van der Waals surface area contributed by atoms with Crippen molar-refractivity contribution in [3.05, 3.63) is 29.6 Å². The van der Waals surface area contributed by atoms with Crippen molar-refractivity contribution in [1.82, 2.24) is 0 Å². The molecule has 0 radical (unpaired) electrons. The van der Waals surface area contributed by atoms with Crippen molar-refractivity contribution in [2.24, 2.45) is 17.6 Å². The third-order valence-corrected chi connectivity index (χ3v) is 2.96. The van der Waals surface area contributed by atoms with Gasteiger partial charge in [-0.05, 0) is 30.5 Å². The number of anilines is 1. The van der Waals surface area contributed by atoms with Crippen LogP contribution >= 0.6 is 0 Å². The van der Waals surface area contributed by atoms with Crippen molar-refractivity contribution in [2.75, 3.05) is 11.9 Å². The highest BCUT2D eigenvalue weighted by Gasteiger charge is 2.31. The highest BCUT2D eigenvalue weighted by molar-refractivity contribution is 5.92. The first-order valence-electron chi connectivity index (χ1n) is 6.52. The van der Waals surface area contributed by atoms with Crippen LogP contribution < -0.4 is 11.1 Å². The number of nitrogens with one attached hydrogen (secondary N) is 1. The van der Waals surface area contributed by atoms with Crippen LogP contribution in [0.3, 0.4) is 0 Å². The average molecular weight is 306 g/mol. The maximum Gasteiger partial charge on any atom is 0.416 e. The van der Waals surface area contributed by atoms with Crippen LogP contribution in [0.2, 0.25) is 0 Å². The molecule has 1 unspecified atom stereocenters. The van der Waals surface area contributed by atoms with E-state index in [4.69, 9.17) is 5.73 Å². The zero-order chi connectivity index (χ0) is 16.2. The van der Waals surface area contributed by atoms with E-state index in [-0.39, 0.29) is 12.5 Å². The maximum absolute atomic E-state index is 13.5. The third kappa shape index (κ3) is 5.00. The molecule has 1 rings (SSSR count). The lowest BCUT2D eigenvalue weighted by Crippen LogP contribution is -2.30. The number of hydrogen-bond acceptors (Lipinski definition) is 2.